The maximum Gasteiger partial charge on any atom is 0.260 e. The van der Waals surface area contributed by atoms with Crippen molar-refractivity contribution in [3.63, 3.8) is 0 Å². The van der Waals surface area contributed by atoms with Crippen molar-refractivity contribution in [2.24, 2.45) is 0 Å². The molecule has 0 bridgehead atoms. The van der Waals surface area contributed by atoms with Crippen molar-refractivity contribution in [3.8, 4) is 5.75 Å². The van der Waals surface area contributed by atoms with Gasteiger partial charge in [-0.3, -0.25) is 4.79 Å². The van der Waals surface area contributed by atoms with Crippen LogP contribution in [0.1, 0.15) is 59.3 Å². The highest BCUT2D eigenvalue weighted by atomic mass is 32.2. The Kier molecular flexibility index (Phi) is 9.39. The minimum absolute atomic E-state index is 0.131. The van der Waals surface area contributed by atoms with E-state index in [1.807, 2.05) is 13.8 Å². The van der Waals surface area contributed by atoms with Gasteiger partial charge in [0.2, 0.25) is 10.0 Å². The van der Waals surface area contributed by atoms with Crippen molar-refractivity contribution in [2.45, 2.75) is 82.4 Å². The summed E-state index contributed by atoms with van der Waals surface area (Å²) in [5, 5.41) is 3.03. The molecule has 1 aliphatic carbocycles. The lowest BCUT2D eigenvalue weighted by atomic mass is 9.95. The van der Waals surface area contributed by atoms with Crippen LogP contribution in [0.5, 0.6) is 5.75 Å². The number of hydrogen-bond acceptors (Lipinski definition) is 5. The van der Waals surface area contributed by atoms with Crippen LogP contribution in [-0.4, -0.2) is 45.7 Å². The zero-order valence-electron chi connectivity index (χ0n) is 17.6. The smallest absolute Gasteiger partial charge is 0.260 e. The standard InChI is InChI=1S/C21H34N2O5S/c1-16(2)27-15-7-14-22-29(25,26)20-12-10-19(11-13-20)28-17(3)21(24)23-18-8-5-4-6-9-18/h10-13,16-18,22H,4-9,14-15H2,1-3H3,(H,23,24)/t17-/m0/s1. The number of nitrogens with one attached hydrogen (secondary N) is 2. The van der Waals surface area contributed by atoms with Crippen molar-refractivity contribution in [2.75, 3.05) is 13.2 Å². The lowest BCUT2D eigenvalue weighted by molar-refractivity contribution is -0.128. The molecule has 1 aliphatic rings. The molecular formula is C21H34N2O5S. The van der Waals surface area contributed by atoms with Gasteiger partial charge in [-0.05, 0) is 64.3 Å². The van der Waals surface area contributed by atoms with Crippen molar-refractivity contribution in [1.29, 1.82) is 0 Å². The molecule has 1 saturated carbocycles. The largest absolute Gasteiger partial charge is 0.481 e. The van der Waals surface area contributed by atoms with Gasteiger partial charge < -0.3 is 14.8 Å². The quantitative estimate of drug-likeness (QED) is 0.531. The van der Waals surface area contributed by atoms with Gasteiger partial charge in [-0.15, -0.1) is 0 Å². The first-order valence-electron chi connectivity index (χ1n) is 10.5. The van der Waals surface area contributed by atoms with Crippen LogP contribution in [-0.2, 0) is 19.6 Å². The number of carbonyl (C=O) groups is 1. The predicted octanol–water partition coefficient (Wildman–Crippen LogP) is 3.00. The number of amides is 1. The summed E-state index contributed by atoms with van der Waals surface area (Å²) in [6.45, 7) is 6.39. The molecule has 2 rings (SSSR count). The maximum absolute atomic E-state index is 12.3. The lowest BCUT2D eigenvalue weighted by Gasteiger charge is -2.24. The van der Waals surface area contributed by atoms with E-state index in [4.69, 9.17) is 9.47 Å². The Morgan fingerprint density at radius 2 is 1.76 bits per heavy atom. The van der Waals surface area contributed by atoms with Crippen LogP contribution in [0.25, 0.3) is 0 Å². The highest BCUT2D eigenvalue weighted by Crippen LogP contribution is 2.19. The Bertz CT molecular complexity index is 728. The van der Waals surface area contributed by atoms with Gasteiger partial charge in [0.25, 0.3) is 5.91 Å². The first kappa shape index (κ1) is 23.6. The second-order valence-corrected chi connectivity index (χ2v) is 9.51. The van der Waals surface area contributed by atoms with Crippen molar-refractivity contribution in [3.05, 3.63) is 24.3 Å². The molecule has 7 nitrogen and oxygen atoms in total. The van der Waals surface area contributed by atoms with E-state index in [0.717, 1.165) is 25.7 Å². The van der Waals surface area contributed by atoms with Gasteiger partial charge in [0.15, 0.2) is 6.10 Å². The third-order valence-electron chi connectivity index (χ3n) is 4.83. The molecule has 1 aromatic carbocycles. The fourth-order valence-corrected chi connectivity index (χ4v) is 4.28. The highest BCUT2D eigenvalue weighted by molar-refractivity contribution is 7.89. The molecule has 1 atom stereocenters. The van der Waals surface area contributed by atoms with E-state index in [1.54, 1.807) is 19.1 Å². The summed E-state index contributed by atoms with van der Waals surface area (Å²) in [5.41, 5.74) is 0. The third kappa shape index (κ3) is 8.32. The Hall–Kier alpha value is -1.64. The van der Waals surface area contributed by atoms with E-state index in [-0.39, 0.29) is 22.9 Å². The van der Waals surface area contributed by atoms with Gasteiger partial charge in [0, 0.05) is 19.2 Å². The number of sulfonamides is 1. The Morgan fingerprint density at radius 3 is 2.38 bits per heavy atom. The number of benzene rings is 1. The molecule has 164 valence electrons. The van der Waals surface area contributed by atoms with Crippen LogP contribution < -0.4 is 14.8 Å². The number of carbonyl (C=O) groups excluding carboxylic acids is 1. The van der Waals surface area contributed by atoms with Crippen LogP contribution in [0.15, 0.2) is 29.2 Å². The number of ether oxygens (including phenoxy) is 2. The Morgan fingerprint density at radius 1 is 1.10 bits per heavy atom. The molecule has 0 spiro atoms. The predicted molar refractivity (Wildman–Crippen MR) is 112 cm³/mol. The van der Waals surface area contributed by atoms with Crippen LogP contribution in [0.2, 0.25) is 0 Å². The zero-order valence-corrected chi connectivity index (χ0v) is 18.5. The Labute approximate surface area is 174 Å². The number of hydrogen-bond donors (Lipinski definition) is 2. The molecule has 1 fully saturated rings. The minimum Gasteiger partial charge on any atom is -0.481 e. The topological polar surface area (TPSA) is 93.7 Å². The van der Waals surface area contributed by atoms with Crippen molar-refractivity contribution >= 4 is 15.9 Å². The second kappa shape index (κ2) is 11.5. The fourth-order valence-electron chi connectivity index (χ4n) is 3.20. The van der Waals surface area contributed by atoms with E-state index in [2.05, 4.69) is 10.0 Å². The average molecular weight is 427 g/mol. The van der Waals surface area contributed by atoms with Gasteiger partial charge in [-0.1, -0.05) is 19.3 Å². The van der Waals surface area contributed by atoms with Gasteiger partial charge in [-0.2, -0.15) is 0 Å². The van der Waals surface area contributed by atoms with E-state index in [9.17, 15) is 13.2 Å². The molecule has 8 heteroatoms. The second-order valence-electron chi connectivity index (χ2n) is 7.75. The summed E-state index contributed by atoms with van der Waals surface area (Å²) < 4.78 is 38.3. The Balaban J connectivity index is 1.81. The van der Waals surface area contributed by atoms with E-state index < -0.39 is 16.1 Å². The minimum atomic E-state index is -3.58. The molecule has 2 N–H and O–H groups in total. The summed E-state index contributed by atoms with van der Waals surface area (Å²) >= 11 is 0. The van der Waals surface area contributed by atoms with Crippen LogP contribution in [0.4, 0.5) is 0 Å². The molecule has 1 amide bonds. The molecule has 0 heterocycles. The van der Waals surface area contributed by atoms with Gasteiger partial charge in [-0.25, -0.2) is 13.1 Å². The molecule has 0 aliphatic heterocycles. The molecule has 0 unspecified atom stereocenters. The molecule has 0 radical (unpaired) electrons. The van der Waals surface area contributed by atoms with Crippen LogP contribution >= 0.6 is 0 Å². The van der Waals surface area contributed by atoms with Crippen molar-refractivity contribution in [1.82, 2.24) is 10.0 Å². The van der Waals surface area contributed by atoms with E-state index >= 15 is 0 Å². The zero-order chi connectivity index (χ0) is 21.3. The monoisotopic (exact) mass is 426 g/mol. The van der Waals surface area contributed by atoms with Gasteiger partial charge >= 0.3 is 0 Å². The average Bonchev–Trinajstić information content (AvgIpc) is 2.68. The fraction of sp³-hybridized carbons (Fsp3) is 0.667. The molecule has 29 heavy (non-hydrogen) atoms. The molecule has 0 aromatic heterocycles. The van der Waals surface area contributed by atoms with Gasteiger partial charge in [0.1, 0.15) is 5.75 Å². The van der Waals surface area contributed by atoms with Crippen LogP contribution in [0, 0.1) is 0 Å². The molecular weight excluding hydrogens is 392 g/mol. The van der Waals surface area contributed by atoms with Crippen LogP contribution in [0.3, 0.4) is 0 Å². The van der Waals surface area contributed by atoms with Gasteiger partial charge in [0.05, 0.1) is 11.0 Å². The van der Waals surface area contributed by atoms with E-state index in [1.165, 1.54) is 18.6 Å². The normalized spacial score (nSPS) is 16.6. The summed E-state index contributed by atoms with van der Waals surface area (Å²) in [6, 6.07) is 6.33. The lowest BCUT2D eigenvalue weighted by Crippen LogP contribution is -2.43. The third-order valence-corrected chi connectivity index (χ3v) is 6.31. The number of rotatable bonds is 11. The highest BCUT2D eigenvalue weighted by Gasteiger charge is 2.21. The summed E-state index contributed by atoms with van der Waals surface area (Å²) in [7, 11) is -3.58. The summed E-state index contributed by atoms with van der Waals surface area (Å²) in [4.78, 5) is 12.5. The van der Waals surface area contributed by atoms with Crippen molar-refractivity contribution < 1.29 is 22.7 Å². The first-order valence-corrected chi connectivity index (χ1v) is 11.9. The molecule has 1 aromatic rings. The summed E-state index contributed by atoms with van der Waals surface area (Å²) in [6.07, 6.45) is 5.65. The van der Waals surface area contributed by atoms with E-state index in [0.29, 0.717) is 25.3 Å². The maximum atomic E-state index is 12.3. The SMILES string of the molecule is CC(C)OCCCNS(=O)(=O)c1ccc(O[C@@H](C)C(=O)NC2CCCCC2)cc1. The first-order chi connectivity index (χ1) is 13.8. The summed E-state index contributed by atoms with van der Waals surface area (Å²) in [5.74, 6) is 0.319. The molecule has 0 saturated heterocycles.